The molecule has 0 aromatic heterocycles. The van der Waals surface area contributed by atoms with Crippen molar-refractivity contribution in [1.82, 2.24) is 5.32 Å². The highest BCUT2D eigenvalue weighted by atomic mass is 79.9. The van der Waals surface area contributed by atoms with E-state index in [0.717, 1.165) is 37.7 Å². The number of benzene rings is 1. The van der Waals surface area contributed by atoms with Crippen LogP contribution in [-0.2, 0) is 6.18 Å². The van der Waals surface area contributed by atoms with E-state index in [1.807, 2.05) is 0 Å². The molecule has 6 heteroatoms. The van der Waals surface area contributed by atoms with Gasteiger partial charge >= 0.3 is 6.18 Å². The van der Waals surface area contributed by atoms with Crippen molar-refractivity contribution in [2.75, 3.05) is 18.0 Å². The minimum absolute atomic E-state index is 0.334. The molecule has 0 radical (unpaired) electrons. The summed E-state index contributed by atoms with van der Waals surface area (Å²) < 4.78 is 38.7. The standard InChI is InChI=1S/C15H20BrF3N2/c1-10(2)20-9-12-4-3-7-21(12)14-6-5-11(8-13(14)16)15(17,18)19/h5-6,8,10,12,20H,3-4,7,9H2,1-2H3. The van der Waals surface area contributed by atoms with E-state index in [1.165, 1.54) is 6.07 Å². The van der Waals surface area contributed by atoms with Crippen LogP contribution in [0.2, 0.25) is 0 Å². The zero-order valence-corrected chi connectivity index (χ0v) is 13.8. The fourth-order valence-electron chi connectivity index (χ4n) is 2.65. The fourth-order valence-corrected chi connectivity index (χ4v) is 3.26. The molecule has 1 saturated heterocycles. The first-order valence-corrected chi connectivity index (χ1v) is 7.95. The molecule has 2 nitrogen and oxygen atoms in total. The Morgan fingerprint density at radius 2 is 2.10 bits per heavy atom. The van der Waals surface area contributed by atoms with Gasteiger partial charge < -0.3 is 10.2 Å². The lowest BCUT2D eigenvalue weighted by Crippen LogP contribution is -2.40. The predicted octanol–water partition coefficient (Wildman–Crippen LogP) is 4.43. The van der Waals surface area contributed by atoms with Crippen LogP contribution in [0.5, 0.6) is 0 Å². The number of alkyl halides is 3. The van der Waals surface area contributed by atoms with Crippen molar-refractivity contribution in [2.45, 2.75) is 44.9 Å². The molecule has 1 heterocycles. The van der Waals surface area contributed by atoms with Crippen LogP contribution < -0.4 is 10.2 Å². The summed E-state index contributed by atoms with van der Waals surface area (Å²) in [6.07, 6.45) is -2.17. The summed E-state index contributed by atoms with van der Waals surface area (Å²) in [5.41, 5.74) is 0.227. The Bertz CT molecular complexity index is 488. The summed E-state index contributed by atoms with van der Waals surface area (Å²) in [7, 11) is 0. The number of nitrogens with zero attached hydrogens (tertiary/aromatic N) is 1. The van der Waals surface area contributed by atoms with Crippen molar-refractivity contribution in [3.05, 3.63) is 28.2 Å². The Morgan fingerprint density at radius 3 is 2.67 bits per heavy atom. The average molecular weight is 365 g/mol. The van der Waals surface area contributed by atoms with Crippen LogP contribution in [0.3, 0.4) is 0 Å². The van der Waals surface area contributed by atoms with Gasteiger partial charge in [-0.2, -0.15) is 13.2 Å². The normalized spacial score (nSPS) is 19.6. The number of nitrogens with one attached hydrogen (secondary N) is 1. The minimum Gasteiger partial charge on any atom is -0.366 e. The molecule has 1 aliphatic rings. The highest BCUT2D eigenvalue weighted by Crippen LogP contribution is 2.37. The number of rotatable bonds is 4. The molecule has 1 aromatic rings. The zero-order valence-electron chi connectivity index (χ0n) is 12.2. The molecule has 1 aliphatic heterocycles. The van der Waals surface area contributed by atoms with E-state index in [9.17, 15) is 13.2 Å². The molecule has 2 rings (SSSR count). The summed E-state index contributed by atoms with van der Waals surface area (Å²) >= 11 is 3.30. The highest BCUT2D eigenvalue weighted by Gasteiger charge is 2.32. The molecular weight excluding hydrogens is 345 g/mol. The second-order valence-electron chi connectivity index (χ2n) is 5.72. The second kappa shape index (κ2) is 6.57. The van der Waals surface area contributed by atoms with Gasteiger partial charge in [0.15, 0.2) is 0 Å². The molecule has 1 atom stereocenters. The predicted molar refractivity (Wildman–Crippen MR) is 82.7 cm³/mol. The lowest BCUT2D eigenvalue weighted by Gasteiger charge is -2.29. The fraction of sp³-hybridized carbons (Fsp3) is 0.600. The average Bonchev–Trinajstić information content (AvgIpc) is 2.83. The summed E-state index contributed by atoms with van der Waals surface area (Å²) in [5.74, 6) is 0. The molecule has 0 bridgehead atoms. The summed E-state index contributed by atoms with van der Waals surface area (Å²) in [6, 6.07) is 4.64. The van der Waals surface area contributed by atoms with E-state index in [0.29, 0.717) is 16.6 Å². The van der Waals surface area contributed by atoms with Gasteiger partial charge in [-0.1, -0.05) is 13.8 Å². The van der Waals surface area contributed by atoms with Gasteiger partial charge in [0.1, 0.15) is 0 Å². The smallest absolute Gasteiger partial charge is 0.366 e. The summed E-state index contributed by atoms with van der Waals surface area (Å²) in [5, 5.41) is 3.41. The molecule has 21 heavy (non-hydrogen) atoms. The molecule has 1 N–H and O–H groups in total. The number of hydrogen-bond donors (Lipinski definition) is 1. The maximum Gasteiger partial charge on any atom is 0.416 e. The zero-order chi connectivity index (χ0) is 15.6. The molecule has 0 saturated carbocycles. The number of halogens is 4. The largest absolute Gasteiger partial charge is 0.416 e. The lowest BCUT2D eigenvalue weighted by molar-refractivity contribution is -0.137. The Hall–Kier alpha value is -0.750. The SMILES string of the molecule is CC(C)NCC1CCCN1c1ccc(C(F)(F)F)cc1Br. The van der Waals surface area contributed by atoms with Crippen molar-refractivity contribution in [2.24, 2.45) is 0 Å². The topological polar surface area (TPSA) is 15.3 Å². The Kier molecular flexibility index (Phi) is 5.20. The maximum absolute atomic E-state index is 12.7. The maximum atomic E-state index is 12.7. The lowest BCUT2D eigenvalue weighted by atomic mass is 10.1. The quantitative estimate of drug-likeness (QED) is 0.849. The van der Waals surface area contributed by atoms with Crippen LogP contribution >= 0.6 is 15.9 Å². The number of hydrogen-bond acceptors (Lipinski definition) is 2. The third kappa shape index (κ3) is 4.13. The van der Waals surface area contributed by atoms with Crippen molar-refractivity contribution >= 4 is 21.6 Å². The van der Waals surface area contributed by atoms with Gasteiger partial charge in [-0.15, -0.1) is 0 Å². The van der Waals surface area contributed by atoms with Gasteiger partial charge in [-0.05, 0) is 47.0 Å². The van der Waals surface area contributed by atoms with E-state index >= 15 is 0 Å². The first-order valence-electron chi connectivity index (χ1n) is 7.16. The first-order chi connectivity index (χ1) is 9.79. The molecule has 118 valence electrons. The summed E-state index contributed by atoms with van der Waals surface area (Å²) in [6.45, 7) is 5.92. The van der Waals surface area contributed by atoms with Crippen LogP contribution in [0, 0.1) is 0 Å². The van der Waals surface area contributed by atoms with Crippen LogP contribution in [0.1, 0.15) is 32.3 Å². The third-order valence-electron chi connectivity index (χ3n) is 3.72. The van der Waals surface area contributed by atoms with E-state index in [1.54, 1.807) is 6.07 Å². The van der Waals surface area contributed by atoms with Crippen LogP contribution in [-0.4, -0.2) is 25.2 Å². The Morgan fingerprint density at radius 1 is 1.38 bits per heavy atom. The molecule has 1 unspecified atom stereocenters. The van der Waals surface area contributed by atoms with Crippen LogP contribution in [0.4, 0.5) is 18.9 Å². The van der Waals surface area contributed by atoms with Gasteiger partial charge in [-0.25, -0.2) is 0 Å². The molecule has 0 spiro atoms. The molecule has 0 aliphatic carbocycles. The van der Waals surface area contributed by atoms with Gasteiger partial charge in [0.2, 0.25) is 0 Å². The monoisotopic (exact) mass is 364 g/mol. The second-order valence-corrected chi connectivity index (χ2v) is 6.57. The molecular formula is C15H20BrF3N2. The van der Waals surface area contributed by atoms with E-state index in [4.69, 9.17) is 0 Å². The molecule has 1 aromatic carbocycles. The molecule has 0 amide bonds. The highest BCUT2D eigenvalue weighted by molar-refractivity contribution is 9.10. The van der Waals surface area contributed by atoms with Crippen LogP contribution in [0.15, 0.2) is 22.7 Å². The van der Waals surface area contributed by atoms with Crippen molar-refractivity contribution < 1.29 is 13.2 Å². The first kappa shape index (κ1) is 16.6. The Balaban J connectivity index is 2.17. The summed E-state index contributed by atoms with van der Waals surface area (Å²) in [4.78, 5) is 2.19. The van der Waals surface area contributed by atoms with E-state index in [2.05, 4.69) is 40.0 Å². The van der Waals surface area contributed by atoms with Gasteiger partial charge in [0.25, 0.3) is 0 Å². The van der Waals surface area contributed by atoms with Gasteiger partial charge in [0.05, 0.1) is 11.3 Å². The van der Waals surface area contributed by atoms with E-state index in [-0.39, 0.29) is 0 Å². The minimum atomic E-state index is -4.30. The number of anilines is 1. The van der Waals surface area contributed by atoms with Gasteiger partial charge in [-0.3, -0.25) is 0 Å². The molecule has 1 fully saturated rings. The Labute approximate surface area is 131 Å². The van der Waals surface area contributed by atoms with Crippen LogP contribution in [0.25, 0.3) is 0 Å². The third-order valence-corrected chi connectivity index (χ3v) is 4.36. The van der Waals surface area contributed by atoms with Gasteiger partial charge in [0, 0.05) is 29.6 Å². The van der Waals surface area contributed by atoms with Crippen molar-refractivity contribution in [3.8, 4) is 0 Å². The van der Waals surface area contributed by atoms with E-state index < -0.39 is 11.7 Å². The van der Waals surface area contributed by atoms with Crippen molar-refractivity contribution in [1.29, 1.82) is 0 Å². The van der Waals surface area contributed by atoms with Crippen molar-refractivity contribution in [3.63, 3.8) is 0 Å².